The van der Waals surface area contributed by atoms with Crippen LogP contribution in [0.1, 0.15) is 29.7 Å². The molecule has 1 aromatic heterocycles. The van der Waals surface area contributed by atoms with Gasteiger partial charge >= 0.3 is 0 Å². The van der Waals surface area contributed by atoms with E-state index in [0.717, 1.165) is 16.7 Å². The highest BCUT2D eigenvalue weighted by Crippen LogP contribution is 2.27. The van der Waals surface area contributed by atoms with Gasteiger partial charge < -0.3 is 14.2 Å². The molecule has 0 bridgehead atoms. The number of aryl methyl sites for hydroxylation is 2. The summed E-state index contributed by atoms with van der Waals surface area (Å²) in [5.74, 6) is -0.0552. The lowest BCUT2D eigenvalue weighted by molar-refractivity contribution is -0.145. The van der Waals surface area contributed by atoms with E-state index >= 15 is 0 Å². The Bertz CT molecular complexity index is 828. The third-order valence-corrected chi connectivity index (χ3v) is 4.75. The predicted octanol–water partition coefficient (Wildman–Crippen LogP) is 2.45. The number of hydrogen-bond acceptors (Lipinski definition) is 3. The second-order valence-corrected chi connectivity index (χ2v) is 6.74. The fourth-order valence-corrected chi connectivity index (χ4v) is 3.21. The van der Waals surface area contributed by atoms with Crippen LogP contribution in [0.3, 0.4) is 0 Å². The zero-order valence-corrected chi connectivity index (χ0v) is 14.9. The minimum atomic E-state index is -0.148. The van der Waals surface area contributed by atoms with Crippen molar-refractivity contribution in [3.63, 3.8) is 0 Å². The average molecular weight is 340 g/mol. The number of rotatable bonds is 3. The predicted molar refractivity (Wildman–Crippen MR) is 96.5 cm³/mol. The molecule has 1 aromatic carbocycles. The summed E-state index contributed by atoms with van der Waals surface area (Å²) in [4.78, 5) is 26.7. The summed E-state index contributed by atoms with van der Waals surface area (Å²) in [6.07, 6.45) is 1.55. The molecule has 25 heavy (non-hydrogen) atoms. The first-order valence-electron chi connectivity index (χ1n) is 8.59. The Labute approximate surface area is 147 Å². The number of carbonyl (C=O) groups excluding carboxylic acids is 1. The van der Waals surface area contributed by atoms with Crippen LogP contribution in [-0.2, 0) is 16.1 Å². The zero-order chi connectivity index (χ0) is 18.0. The molecule has 5 heteroatoms. The van der Waals surface area contributed by atoms with Crippen molar-refractivity contribution in [1.29, 1.82) is 0 Å². The van der Waals surface area contributed by atoms with E-state index in [9.17, 15) is 9.59 Å². The van der Waals surface area contributed by atoms with Crippen molar-refractivity contribution in [2.24, 2.45) is 0 Å². The van der Waals surface area contributed by atoms with Crippen LogP contribution in [0.25, 0.3) is 0 Å². The summed E-state index contributed by atoms with van der Waals surface area (Å²) in [6.45, 7) is 6.95. The van der Waals surface area contributed by atoms with Crippen LogP contribution in [0.15, 0.2) is 47.4 Å². The molecule has 1 saturated heterocycles. The molecule has 1 aliphatic rings. The quantitative estimate of drug-likeness (QED) is 0.862. The van der Waals surface area contributed by atoms with E-state index in [-0.39, 0.29) is 30.2 Å². The molecular formula is C20H24N2O3. The molecule has 0 unspecified atom stereocenters. The van der Waals surface area contributed by atoms with Gasteiger partial charge in [-0.25, -0.2) is 0 Å². The van der Waals surface area contributed by atoms with E-state index < -0.39 is 0 Å². The Morgan fingerprint density at radius 3 is 2.72 bits per heavy atom. The first-order valence-corrected chi connectivity index (χ1v) is 8.59. The van der Waals surface area contributed by atoms with Crippen LogP contribution in [0.2, 0.25) is 0 Å². The number of pyridine rings is 1. The summed E-state index contributed by atoms with van der Waals surface area (Å²) in [5, 5.41) is 0. The highest BCUT2D eigenvalue weighted by atomic mass is 16.5. The number of morpholine rings is 1. The monoisotopic (exact) mass is 340 g/mol. The summed E-state index contributed by atoms with van der Waals surface area (Å²) in [7, 11) is 0. The molecule has 1 fully saturated rings. The molecule has 1 aliphatic heterocycles. The number of aromatic nitrogens is 1. The highest BCUT2D eigenvalue weighted by molar-refractivity contribution is 5.76. The lowest BCUT2D eigenvalue weighted by Gasteiger charge is -2.38. The first kappa shape index (κ1) is 17.4. The Morgan fingerprint density at radius 2 is 2.00 bits per heavy atom. The summed E-state index contributed by atoms with van der Waals surface area (Å²) in [5.41, 5.74) is 3.02. The maximum Gasteiger partial charge on any atom is 0.251 e. The fourth-order valence-electron chi connectivity index (χ4n) is 3.21. The number of benzene rings is 1. The summed E-state index contributed by atoms with van der Waals surface area (Å²) in [6, 6.07) is 11.5. The van der Waals surface area contributed by atoms with Crippen molar-refractivity contribution in [1.82, 2.24) is 9.47 Å². The van der Waals surface area contributed by atoms with E-state index in [4.69, 9.17) is 4.74 Å². The average Bonchev–Trinajstić information content (AvgIpc) is 2.58. The second-order valence-electron chi connectivity index (χ2n) is 6.74. The van der Waals surface area contributed by atoms with Gasteiger partial charge in [0.1, 0.15) is 12.6 Å². The van der Waals surface area contributed by atoms with Crippen molar-refractivity contribution in [2.75, 3.05) is 13.2 Å². The van der Waals surface area contributed by atoms with Crippen molar-refractivity contribution in [2.45, 2.75) is 39.5 Å². The molecular weight excluding hydrogens is 316 g/mol. The van der Waals surface area contributed by atoms with Gasteiger partial charge in [-0.2, -0.15) is 0 Å². The van der Waals surface area contributed by atoms with Gasteiger partial charge in [-0.3, -0.25) is 9.59 Å². The number of hydrogen-bond donors (Lipinski definition) is 0. The van der Waals surface area contributed by atoms with Gasteiger partial charge in [-0.05, 0) is 43.5 Å². The van der Waals surface area contributed by atoms with Crippen molar-refractivity contribution < 1.29 is 9.53 Å². The van der Waals surface area contributed by atoms with E-state index in [2.05, 4.69) is 13.0 Å². The van der Waals surface area contributed by atoms with Gasteiger partial charge in [0.2, 0.25) is 5.91 Å². The van der Waals surface area contributed by atoms with Crippen molar-refractivity contribution >= 4 is 5.91 Å². The molecule has 5 nitrogen and oxygen atoms in total. The third-order valence-electron chi connectivity index (χ3n) is 4.75. The molecule has 2 atom stereocenters. The van der Waals surface area contributed by atoms with Crippen LogP contribution in [0, 0.1) is 13.8 Å². The smallest absolute Gasteiger partial charge is 0.251 e. The minimum Gasteiger partial charge on any atom is -0.370 e. The van der Waals surface area contributed by atoms with Gasteiger partial charge in [-0.15, -0.1) is 0 Å². The molecule has 1 amide bonds. The third kappa shape index (κ3) is 3.82. The number of nitrogens with zero attached hydrogens (tertiary/aromatic N) is 2. The Morgan fingerprint density at radius 1 is 1.24 bits per heavy atom. The SMILES string of the molecule is Cc1ccn(CC(=O)N2C[C@@H](c3ccccc3C)OC[C@@H]2C)c(=O)c1. The number of carbonyl (C=O) groups is 1. The standard InChI is InChI=1S/C20H24N2O3/c1-14-8-9-21(19(23)10-14)12-20(24)22-11-18(25-13-16(22)3)17-7-5-4-6-15(17)2/h4-10,16,18H,11-13H2,1-3H3/t16-,18-/m0/s1. The number of ether oxygens (including phenoxy) is 1. The number of amides is 1. The van der Waals surface area contributed by atoms with E-state index in [0.29, 0.717) is 13.2 Å². The van der Waals surface area contributed by atoms with Crippen LogP contribution in [0.5, 0.6) is 0 Å². The van der Waals surface area contributed by atoms with Gasteiger partial charge in [0.15, 0.2) is 0 Å². The highest BCUT2D eigenvalue weighted by Gasteiger charge is 2.31. The van der Waals surface area contributed by atoms with Gasteiger partial charge in [-0.1, -0.05) is 24.3 Å². The maximum absolute atomic E-state index is 12.8. The Balaban J connectivity index is 1.76. The Kier molecular flexibility index (Phi) is 5.04. The van der Waals surface area contributed by atoms with Crippen molar-refractivity contribution in [3.8, 4) is 0 Å². The molecule has 0 radical (unpaired) electrons. The minimum absolute atomic E-state index is 0.00563. The molecule has 3 rings (SSSR count). The molecule has 2 heterocycles. The van der Waals surface area contributed by atoms with Gasteiger partial charge in [0, 0.05) is 12.3 Å². The molecule has 0 spiro atoms. The molecule has 0 saturated carbocycles. The summed E-state index contributed by atoms with van der Waals surface area (Å²) >= 11 is 0. The van der Waals surface area contributed by atoms with E-state index in [1.165, 1.54) is 4.57 Å². The van der Waals surface area contributed by atoms with Crippen LogP contribution in [-0.4, -0.2) is 34.6 Å². The topological polar surface area (TPSA) is 51.5 Å². The molecule has 132 valence electrons. The largest absolute Gasteiger partial charge is 0.370 e. The lowest BCUT2D eigenvalue weighted by Crippen LogP contribution is -2.50. The Hall–Kier alpha value is -2.40. The molecule has 0 N–H and O–H groups in total. The van der Waals surface area contributed by atoms with E-state index in [1.54, 1.807) is 12.3 Å². The van der Waals surface area contributed by atoms with Crippen LogP contribution < -0.4 is 5.56 Å². The van der Waals surface area contributed by atoms with Crippen LogP contribution >= 0.6 is 0 Å². The fraction of sp³-hybridized carbons (Fsp3) is 0.400. The maximum atomic E-state index is 12.8. The molecule has 0 aliphatic carbocycles. The second kappa shape index (κ2) is 7.23. The van der Waals surface area contributed by atoms with Crippen LogP contribution in [0.4, 0.5) is 0 Å². The summed E-state index contributed by atoms with van der Waals surface area (Å²) < 4.78 is 7.42. The van der Waals surface area contributed by atoms with Gasteiger partial charge in [0.05, 0.1) is 19.2 Å². The van der Waals surface area contributed by atoms with E-state index in [1.807, 2.05) is 43.0 Å². The van der Waals surface area contributed by atoms with Crippen molar-refractivity contribution in [3.05, 3.63) is 69.6 Å². The zero-order valence-electron chi connectivity index (χ0n) is 14.9. The molecule has 2 aromatic rings. The van der Waals surface area contributed by atoms with Gasteiger partial charge in [0.25, 0.3) is 5.56 Å². The lowest BCUT2D eigenvalue weighted by atomic mass is 10.0. The normalized spacial score (nSPS) is 20.5. The first-order chi connectivity index (χ1) is 12.0.